The summed E-state index contributed by atoms with van der Waals surface area (Å²) in [5.74, 6) is 0. The first kappa shape index (κ1) is 10.4. The molecule has 0 aromatic heterocycles. The molecule has 3 rings (SSSR count). The van der Waals surface area contributed by atoms with E-state index in [1.54, 1.807) is 11.0 Å². The SMILES string of the molecule is Nc1ccccc1N1CC2(CCOC2)OC1=O. The number of benzene rings is 1. The monoisotopic (exact) mass is 234 g/mol. The van der Waals surface area contributed by atoms with Crippen molar-refractivity contribution >= 4 is 17.5 Å². The summed E-state index contributed by atoms with van der Waals surface area (Å²) < 4.78 is 10.7. The van der Waals surface area contributed by atoms with Crippen LogP contribution in [0.2, 0.25) is 0 Å². The zero-order valence-electron chi connectivity index (χ0n) is 9.39. The van der Waals surface area contributed by atoms with Gasteiger partial charge in [-0.25, -0.2) is 4.79 Å². The molecule has 1 aromatic carbocycles. The molecule has 5 heteroatoms. The van der Waals surface area contributed by atoms with E-state index >= 15 is 0 Å². The molecule has 90 valence electrons. The maximum Gasteiger partial charge on any atom is 0.415 e. The normalized spacial score (nSPS) is 27.8. The lowest BCUT2D eigenvalue weighted by Gasteiger charge is -2.18. The molecule has 0 bridgehead atoms. The minimum Gasteiger partial charge on any atom is -0.438 e. The highest BCUT2D eigenvalue weighted by molar-refractivity contribution is 5.93. The van der Waals surface area contributed by atoms with E-state index in [2.05, 4.69) is 0 Å². The van der Waals surface area contributed by atoms with Gasteiger partial charge < -0.3 is 15.2 Å². The summed E-state index contributed by atoms with van der Waals surface area (Å²) in [5, 5.41) is 0. The van der Waals surface area contributed by atoms with E-state index in [1.165, 1.54) is 0 Å². The van der Waals surface area contributed by atoms with Gasteiger partial charge in [-0.3, -0.25) is 4.90 Å². The van der Waals surface area contributed by atoms with E-state index in [1.807, 2.05) is 18.2 Å². The van der Waals surface area contributed by atoms with Gasteiger partial charge in [-0.05, 0) is 12.1 Å². The molecule has 1 amide bonds. The van der Waals surface area contributed by atoms with Gasteiger partial charge in [0, 0.05) is 6.42 Å². The van der Waals surface area contributed by atoms with Crippen molar-refractivity contribution in [1.29, 1.82) is 0 Å². The van der Waals surface area contributed by atoms with E-state index < -0.39 is 5.60 Å². The highest BCUT2D eigenvalue weighted by atomic mass is 16.6. The van der Waals surface area contributed by atoms with E-state index in [9.17, 15) is 4.79 Å². The van der Waals surface area contributed by atoms with Crippen LogP contribution in [0.15, 0.2) is 24.3 Å². The first-order chi connectivity index (χ1) is 8.20. The topological polar surface area (TPSA) is 64.8 Å². The molecule has 2 aliphatic heterocycles. The van der Waals surface area contributed by atoms with E-state index in [0.717, 1.165) is 6.42 Å². The number of hydrogen-bond donors (Lipinski definition) is 1. The highest BCUT2D eigenvalue weighted by Gasteiger charge is 2.48. The minimum atomic E-state index is -0.473. The molecule has 1 spiro atoms. The molecule has 2 aliphatic rings. The van der Waals surface area contributed by atoms with Crippen molar-refractivity contribution in [3.05, 3.63) is 24.3 Å². The van der Waals surface area contributed by atoms with Gasteiger partial charge in [0.25, 0.3) is 0 Å². The molecule has 1 unspecified atom stereocenters. The molecule has 2 saturated heterocycles. The third-order valence-electron chi connectivity index (χ3n) is 3.27. The number of nitrogen functional groups attached to an aromatic ring is 1. The quantitative estimate of drug-likeness (QED) is 0.746. The molecular weight excluding hydrogens is 220 g/mol. The van der Waals surface area contributed by atoms with Crippen molar-refractivity contribution in [2.45, 2.75) is 12.0 Å². The number of hydrogen-bond acceptors (Lipinski definition) is 4. The Morgan fingerprint density at radius 2 is 2.18 bits per heavy atom. The second-order valence-electron chi connectivity index (χ2n) is 4.50. The maximum atomic E-state index is 11.9. The highest BCUT2D eigenvalue weighted by Crippen LogP contribution is 2.35. The number of para-hydroxylation sites is 2. The van der Waals surface area contributed by atoms with Crippen LogP contribution in [0.25, 0.3) is 0 Å². The molecule has 2 N–H and O–H groups in total. The number of anilines is 2. The van der Waals surface area contributed by atoms with Gasteiger partial charge in [0.05, 0.1) is 31.1 Å². The van der Waals surface area contributed by atoms with Crippen LogP contribution in [0, 0.1) is 0 Å². The van der Waals surface area contributed by atoms with Crippen LogP contribution < -0.4 is 10.6 Å². The van der Waals surface area contributed by atoms with Crippen molar-refractivity contribution in [1.82, 2.24) is 0 Å². The Labute approximate surface area is 99.1 Å². The Morgan fingerprint density at radius 1 is 1.35 bits per heavy atom. The predicted octanol–water partition coefficient (Wildman–Crippen LogP) is 1.38. The third kappa shape index (κ3) is 1.63. The Hall–Kier alpha value is -1.75. The second-order valence-corrected chi connectivity index (χ2v) is 4.50. The van der Waals surface area contributed by atoms with Crippen LogP contribution >= 0.6 is 0 Å². The van der Waals surface area contributed by atoms with Gasteiger partial charge in [-0.15, -0.1) is 0 Å². The molecule has 1 aromatic rings. The average molecular weight is 234 g/mol. The molecule has 2 heterocycles. The molecular formula is C12H14N2O3. The van der Waals surface area contributed by atoms with Gasteiger partial charge in [0.1, 0.15) is 0 Å². The summed E-state index contributed by atoms with van der Waals surface area (Å²) in [6, 6.07) is 7.30. The summed E-state index contributed by atoms with van der Waals surface area (Å²) >= 11 is 0. The van der Waals surface area contributed by atoms with E-state index in [-0.39, 0.29) is 6.09 Å². The summed E-state index contributed by atoms with van der Waals surface area (Å²) in [4.78, 5) is 13.5. The smallest absolute Gasteiger partial charge is 0.415 e. The molecule has 2 fully saturated rings. The Morgan fingerprint density at radius 3 is 2.88 bits per heavy atom. The lowest BCUT2D eigenvalue weighted by atomic mass is 10.0. The van der Waals surface area contributed by atoms with Gasteiger partial charge in [0.15, 0.2) is 5.60 Å². The number of carbonyl (C=O) groups is 1. The summed E-state index contributed by atoms with van der Waals surface area (Å²) in [5.41, 5.74) is 6.69. The first-order valence-corrected chi connectivity index (χ1v) is 5.63. The Balaban J connectivity index is 1.90. The summed E-state index contributed by atoms with van der Waals surface area (Å²) in [6.45, 7) is 1.63. The molecule has 1 atom stereocenters. The fraction of sp³-hybridized carbons (Fsp3) is 0.417. The van der Waals surface area contributed by atoms with Gasteiger partial charge in [0.2, 0.25) is 0 Å². The molecule has 5 nitrogen and oxygen atoms in total. The Kier molecular flexibility index (Phi) is 2.22. The van der Waals surface area contributed by atoms with Crippen molar-refractivity contribution in [2.24, 2.45) is 0 Å². The van der Waals surface area contributed by atoms with Crippen LogP contribution in [0.1, 0.15) is 6.42 Å². The van der Waals surface area contributed by atoms with Crippen LogP contribution in [0.3, 0.4) is 0 Å². The molecule has 0 radical (unpaired) electrons. The minimum absolute atomic E-state index is 0.339. The van der Waals surface area contributed by atoms with E-state index in [4.69, 9.17) is 15.2 Å². The lowest BCUT2D eigenvalue weighted by Crippen LogP contribution is -2.35. The number of carbonyl (C=O) groups excluding carboxylic acids is 1. The number of ether oxygens (including phenoxy) is 2. The molecule has 0 aliphatic carbocycles. The largest absolute Gasteiger partial charge is 0.438 e. The molecule has 17 heavy (non-hydrogen) atoms. The number of amides is 1. The van der Waals surface area contributed by atoms with Crippen molar-refractivity contribution in [3.63, 3.8) is 0 Å². The Bertz CT molecular complexity index is 455. The average Bonchev–Trinajstić information content (AvgIpc) is 2.88. The zero-order chi connectivity index (χ0) is 11.9. The van der Waals surface area contributed by atoms with Crippen LogP contribution in [-0.2, 0) is 9.47 Å². The van der Waals surface area contributed by atoms with Crippen LogP contribution in [0.4, 0.5) is 16.2 Å². The third-order valence-corrected chi connectivity index (χ3v) is 3.27. The van der Waals surface area contributed by atoms with Crippen LogP contribution in [-0.4, -0.2) is 31.5 Å². The summed E-state index contributed by atoms with van der Waals surface area (Å²) in [7, 11) is 0. The predicted molar refractivity (Wildman–Crippen MR) is 62.8 cm³/mol. The lowest BCUT2D eigenvalue weighted by molar-refractivity contribution is 0.0435. The fourth-order valence-electron chi connectivity index (χ4n) is 2.34. The zero-order valence-corrected chi connectivity index (χ0v) is 9.39. The fourth-order valence-corrected chi connectivity index (χ4v) is 2.34. The van der Waals surface area contributed by atoms with Gasteiger partial charge in [-0.2, -0.15) is 0 Å². The van der Waals surface area contributed by atoms with Crippen LogP contribution in [0.5, 0.6) is 0 Å². The number of rotatable bonds is 1. The molecule has 0 saturated carbocycles. The standard InChI is InChI=1S/C12H14N2O3/c13-9-3-1-2-4-10(9)14-7-12(17-11(14)15)5-6-16-8-12/h1-4H,5-8,13H2. The maximum absolute atomic E-state index is 11.9. The number of nitrogens with zero attached hydrogens (tertiary/aromatic N) is 1. The second kappa shape index (κ2) is 3.63. The van der Waals surface area contributed by atoms with Crippen molar-refractivity contribution in [2.75, 3.05) is 30.4 Å². The van der Waals surface area contributed by atoms with Gasteiger partial charge in [-0.1, -0.05) is 12.1 Å². The van der Waals surface area contributed by atoms with Crippen molar-refractivity contribution in [3.8, 4) is 0 Å². The van der Waals surface area contributed by atoms with Gasteiger partial charge >= 0.3 is 6.09 Å². The first-order valence-electron chi connectivity index (χ1n) is 5.63. The van der Waals surface area contributed by atoms with E-state index in [0.29, 0.717) is 31.1 Å². The summed E-state index contributed by atoms with van der Waals surface area (Å²) in [6.07, 6.45) is 0.413. The number of nitrogens with two attached hydrogens (primary N) is 1. The van der Waals surface area contributed by atoms with Crippen molar-refractivity contribution < 1.29 is 14.3 Å².